The van der Waals surface area contributed by atoms with Crippen LogP contribution in [0.5, 0.6) is 0 Å². The van der Waals surface area contributed by atoms with Crippen molar-refractivity contribution in [2.75, 3.05) is 19.0 Å². The monoisotopic (exact) mass is 446 g/mol. The quantitative estimate of drug-likeness (QED) is 0.395. The van der Waals surface area contributed by atoms with Gasteiger partial charge in [0.2, 0.25) is 0 Å². The van der Waals surface area contributed by atoms with Gasteiger partial charge >= 0.3 is 0 Å². The Labute approximate surface area is 195 Å². The molecule has 3 nitrogen and oxygen atoms in total. The molecule has 2 fully saturated rings. The van der Waals surface area contributed by atoms with Gasteiger partial charge in [0.25, 0.3) is 0 Å². The molecule has 2 heterocycles. The topological polar surface area (TPSA) is 27.7 Å². The summed E-state index contributed by atoms with van der Waals surface area (Å²) >= 11 is 1.92. The molecule has 3 aromatic carbocycles. The van der Waals surface area contributed by atoms with Gasteiger partial charge in [-0.3, -0.25) is 0 Å². The molecule has 0 bridgehead atoms. The lowest BCUT2D eigenvalue weighted by Crippen LogP contribution is -2.47. The van der Waals surface area contributed by atoms with E-state index in [-0.39, 0.29) is 12.4 Å². The lowest BCUT2D eigenvalue weighted by molar-refractivity contribution is -0.188. The molecule has 32 heavy (non-hydrogen) atoms. The number of hydrogen-bond acceptors (Lipinski definition) is 4. The third-order valence-corrected chi connectivity index (χ3v) is 7.75. The number of thioether (sulfide) groups is 1. The van der Waals surface area contributed by atoms with Gasteiger partial charge < -0.3 is 14.2 Å². The maximum absolute atomic E-state index is 6.97. The Hall–Kier alpha value is -2.11. The van der Waals surface area contributed by atoms with Crippen LogP contribution < -0.4 is 0 Å². The Morgan fingerprint density at radius 1 is 0.781 bits per heavy atom. The summed E-state index contributed by atoms with van der Waals surface area (Å²) in [5.74, 6) is 1.00. The lowest BCUT2D eigenvalue weighted by atomic mass is 9.80. The fraction of sp³-hybridized carbons (Fsp3) is 0.357. The zero-order chi connectivity index (χ0) is 21.6. The summed E-state index contributed by atoms with van der Waals surface area (Å²) in [6.07, 6.45) is 3.45. The van der Waals surface area contributed by atoms with Crippen LogP contribution >= 0.6 is 11.8 Å². The molecule has 166 valence electrons. The summed E-state index contributed by atoms with van der Waals surface area (Å²) in [4.78, 5) is 0. The van der Waals surface area contributed by atoms with Gasteiger partial charge in [-0.15, -0.1) is 0 Å². The van der Waals surface area contributed by atoms with Crippen LogP contribution in [0, 0.1) is 0 Å². The summed E-state index contributed by atoms with van der Waals surface area (Å²) in [6, 6.07) is 31.7. The fourth-order valence-electron chi connectivity index (χ4n) is 4.58. The third kappa shape index (κ3) is 4.51. The van der Waals surface area contributed by atoms with Crippen LogP contribution in [0.2, 0.25) is 0 Å². The molecule has 0 aromatic heterocycles. The maximum atomic E-state index is 6.97. The van der Waals surface area contributed by atoms with Crippen LogP contribution in [0.15, 0.2) is 91.0 Å². The second kappa shape index (κ2) is 10.2. The number of benzene rings is 3. The average molecular weight is 447 g/mol. The molecule has 2 saturated heterocycles. The number of hydrogen-bond donors (Lipinski definition) is 0. The molecule has 4 heteroatoms. The predicted molar refractivity (Wildman–Crippen MR) is 130 cm³/mol. The highest BCUT2D eigenvalue weighted by Gasteiger charge is 2.41. The van der Waals surface area contributed by atoms with Crippen molar-refractivity contribution in [2.24, 2.45) is 0 Å². The minimum absolute atomic E-state index is 0.0562. The molecule has 3 atom stereocenters. The Balaban J connectivity index is 1.44. The van der Waals surface area contributed by atoms with Crippen LogP contribution in [0.25, 0.3) is 0 Å². The van der Waals surface area contributed by atoms with Gasteiger partial charge in [-0.2, -0.15) is 11.8 Å². The molecule has 2 aliphatic rings. The van der Waals surface area contributed by atoms with E-state index in [1.807, 2.05) is 11.8 Å². The summed E-state index contributed by atoms with van der Waals surface area (Å²) < 4.78 is 19.1. The van der Waals surface area contributed by atoms with E-state index in [4.69, 9.17) is 14.2 Å². The first kappa shape index (κ1) is 21.7. The van der Waals surface area contributed by atoms with Gasteiger partial charge in [-0.1, -0.05) is 91.0 Å². The van der Waals surface area contributed by atoms with Crippen molar-refractivity contribution >= 4 is 11.8 Å². The second-order valence-corrected chi connectivity index (χ2v) is 9.70. The first-order valence-electron chi connectivity index (χ1n) is 11.6. The van der Waals surface area contributed by atoms with Crippen LogP contribution in [-0.2, 0) is 19.8 Å². The Bertz CT molecular complexity index is 861. The van der Waals surface area contributed by atoms with E-state index in [1.54, 1.807) is 0 Å². The van der Waals surface area contributed by atoms with E-state index in [1.165, 1.54) is 6.42 Å². The van der Waals surface area contributed by atoms with Crippen molar-refractivity contribution in [3.63, 3.8) is 0 Å². The van der Waals surface area contributed by atoms with Gasteiger partial charge in [0.15, 0.2) is 6.29 Å². The molecular weight excluding hydrogens is 416 g/mol. The van der Waals surface area contributed by atoms with Gasteiger partial charge in [-0.25, -0.2) is 0 Å². The standard InChI is InChI=1S/C28H30O3S/c1-4-12-22(13-5-1)28(23-14-6-2-7-15-23,24-16-8-3-9-17-24)30-20-26-25(21-32-26)31-27-18-10-11-19-29-27/h1-9,12-17,25-27H,10-11,18-21H2/t25-,26-,27?/m1/s1. The molecule has 0 radical (unpaired) electrons. The highest BCUT2D eigenvalue weighted by molar-refractivity contribution is 8.01. The van der Waals surface area contributed by atoms with E-state index in [2.05, 4.69) is 91.0 Å². The molecule has 5 rings (SSSR count). The van der Waals surface area contributed by atoms with Crippen LogP contribution in [0.1, 0.15) is 36.0 Å². The summed E-state index contributed by atoms with van der Waals surface area (Å²) in [7, 11) is 0. The summed E-state index contributed by atoms with van der Waals surface area (Å²) in [6.45, 7) is 1.42. The predicted octanol–water partition coefficient (Wildman–Crippen LogP) is 6.02. The fourth-order valence-corrected chi connectivity index (χ4v) is 5.51. The normalized spacial score (nSPS) is 23.4. The third-order valence-electron chi connectivity index (χ3n) is 6.36. The van der Waals surface area contributed by atoms with Gasteiger partial charge in [0, 0.05) is 12.4 Å². The Morgan fingerprint density at radius 2 is 1.34 bits per heavy atom. The lowest BCUT2D eigenvalue weighted by Gasteiger charge is -2.42. The van der Waals surface area contributed by atoms with Crippen molar-refractivity contribution in [3.05, 3.63) is 108 Å². The van der Waals surface area contributed by atoms with E-state index in [0.717, 1.165) is 41.9 Å². The number of rotatable bonds is 8. The molecule has 1 unspecified atom stereocenters. The minimum Gasteiger partial charge on any atom is -0.360 e. The highest BCUT2D eigenvalue weighted by Crippen LogP contribution is 2.42. The van der Waals surface area contributed by atoms with E-state index < -0.39 is 5.60 Å². The molecular formula is C28H30O3S. The molecule has 0 aliphatic carbocycles. The molecule has 0 N–H and O–H groups in total. The Kier molecular flexibility index (Phi) is 6.94. The van der Waals surface area contributed by atoms with Crippen LogP contribution in [-0.4, -0.2) is 36.6 Å². The van der Waals surface area contributed by atoms with Gasteiger partial charge in [0.05, 0.1) is 18.0 Å². The van der Waals surface area contributed by atoms with Crippen molar-refractivity contribution in [1.29, 1.82) is 0 Å². The minimum atomic E-state index is -0.675. The van der Waals surface area contributed by atoms with Crippen molar-refractivity contribution < 1.29 is 14.2 Å². The molecule has 0 spiro atoms. The molecule has 0 saturated carbocycles. The molecule has 3 aromatic rings. The van der Waals surface area contributed by atoms with Crippen molar-refractivity contribution in [2.45, 2.75) is 42.5 Å². The highest BCUT2D eigenvalue weighted by atomic mass is 32.2. The zero-order valence-corrected chi connectivity index (χ0v) is 19.1. The van der Waals surface area contributed by atoms with Crippen LogP contribution in [0.4, 0.5) is 0 Å². The van der Waals surface area contributed by atoms with E-state index in [0.29, 0.717) is 11.9 Å². The van der Waals surface area contributed by atoms with Crippen molar-refractivity contribution in [1.82, 2.24) is 0 Å². The van der Waals surface area contributed by atoms with E-state index >= 15 is 0 Å². The summed E-state index contributed by atoms with van der Waals surface area (Å²) in [5, 5.41) is 0.302. The van der Waals surface area contributed by atoms with Crippen molar-refractivity contribution in [3.8, 4) is 0 Å². The smallest absolute Gasteiger partial charge is 0.158 e. The Morgan fingerprint density at radius 3 is 1.78 bits per heavy atom. The van der Waals surface area contributed by atoms with E-state index in [9.17, 15) is 0 Å². The van der Waals surface area contributed by atoms with Gasteiger partial charge in [0.1, 0.15) is 5.60 Å². The van der Waals surface area contributed by atoms with Crippen LogP contribution in [0.3, 0.4) is 0 Å². The average Bonchev–Trinajstić information content (AvgIpc) is 2.87. The second-order valence-electron chi connectivity index (χ2n) is 8.43. The maximum Gasteiger partial charge on any atom is 0.158 e. The molecule has 2 aliphatic heterocycles. The zero-order valence-electron chi connectivity index (χ0n) is 18.3. The SMILES string of the molecule is c1ccc(C(OC[C@H]2SC[C@H]2OC2CCCCO2)(c2ccccc2)c2ccccc2)cc1. The first-order chi connectivity index (χ1) is 15.9. The first-order valence-corrected chi connectivity index (χ1v) is 12.6. The summed E-state index contributed by atoms with van der Waals surface area (Å²) in [5.41, 5.74) is 2.73. The largest absolute Gasteiger partial charge is 0.360 e. The molecule has 0 amide bonds. The number of ether oxygens (including phenoxy) is 3. The van der Waals surface area contributed by atoms with Gasteiger partial charge in [-0.05, 0) is 36.0 Å².